The van der Waals surface area contributed by atoms with E-state index in [-0.39, 0.29) is 12.5 Å². The molecule has 0 aromatic heterocycles. The quantitative estimate of drug-likeness (QED) is 0.571. The predicted octanol–water partition coefficient (Wildman–Crippen LogP) is 1.83. The molecular formula is C20H30F3N5O. The van der Waals surface area contributed by atoms with Crippen LogP contribution in [0.4, 0.5) is 13.2 Å². The van der Waals surface area contributed by atoms with Gasteiger partial charge in [0.05, 0.1) is 0 Å². The molecule has 0 radical (unpaired) electrons. The molecule has 0 spiro atoms. The van der Waals surface area contributed by atoms with Gasteiger partial charge in [0.2, 0.25) is 5.91 Å². The van der Waals surface area contributed by atoms with E-state index in [1.165, 1.54) is 22.3 Å². The second-order valence-electron chi connectivity index (χ2n) is 7.33. The number of likely N-dealkylation sites (N-methyl/N-ethyl adjacent to an activating group) is 1. The summed E-state index contributed by atoms with van der Waals surface area (Å²) in [6, 6.07) is 8.50. The Morgan fingerprint density at radius 1 is 1.17 bits per heavy atom. The van der Waals surface area contributed by atoms with E-state index in [0.29, 0.717) is 38.7 Å². The Morgan fingerprint density at radius 3 is 2.34 bits per heavy atom. The highest BCUT2D eigenvalue weighted by atomic mass is 19.4. The molecule has 1 unspecified atom stereocenters. The molecule has 0 saturated carbocycles. The molecule has 0 aliphatic carbocycles. The van der Waals surface area contributed by atoms with Crippen molar-refractivity contribution >= 4 is 11.9 Å². The SMILES string of the molecule is CC(N1CCN(C(=NCC(=O)N(C)C)NCCc2ccccc2)CC1)C(F)(F)F. The van der Waals surface area contributed by atoms with Gasteiger partial charge in [0.1, 0.15) is 12.6 Å². The molecular weight excluding hydrogens is 383 g/mol. The summed E-state index contributed by atoms with van der Waals surface area (Å²) in [5.74, 6) is 0.437. The standard InChI is InChI=1S/C20H30F3N5O/c1-16(20(21,22)23)27-11-13-28(14-12-27)19(25-15-18(29)26(2)3)24-10-9-17-7-5-4-6-8-17/h4-8,16H,9-15H2,1-3H3,(H,24,25). The first-order valence-electron chi connectivity index (χ1n) is 9.76. The lowest BCUT2D eigenvalue weighted by molar-refractivity contribution is -0.181. The zero-order valence-electron chi connectivity index (χ0n) is 17.2. The molecule has 1 N–H and O–H groups in total. The summed E-state index contributed by atoms with van der Waals surface area (Å²) in [6.07, 6.45) is -3.45. The van der Waals surface area contributed by atoms with Gasteiger partial charge in [-0.3, -0.25) is 9.69 Å². The van der Waals surface area contributed by atoms with E-state index in [4.69, 9.17) is 0 Å². The average Bonchev–Trinajstić information content (AvgIpc) is 2.70. The first-order chi connectivity index (χ1) is 13.7. The van der Waals surface area contributed by atoms with Crippen LogP contribution in [0.1, 0.15) is 12.5 Å². The van der Waals surface area contributed by atoms with E-state index in [9.17, 15) is 18.0 Å². The molecule has 162 valence electrons. The number of piperazine rings is 1. The third-order valence-corrected chi connectivity index (χ3v) is 5.04. The minimum atomic E-state index is -4.23. The molecule has 1 fully saturated rings. The van der Waals surface area contributed by atoms with E-state index in [1.54, 1.807) is 14.1 Å². The summed E-state index contributed by atoms with van der Waals surface area (Å²) < 4.78 is 38.9. The van der Waals surface area contributed by atoms with Crippen LogP contribution >= 0.6 is 0 Å². The van der Waals surface area contributed by atoms with Crippen LogP contribution in [0.15, 0.2) is 35.3 Å². The number of carbonyl (C=O) groups is 1. The average molecular weight is 413 g/mol. The van der Waals surface area contributed by atoms with Gasteiger partial charge in [-0.1, -0.05) is 30.3 Å². The van der Waals surface area contributed by atoms with Crippen LogP contribution in [0, 0.1) is 0 Å². The van der Waals surface area contributed by atoms with Gasteiger partial charge in [-0.25, -0.2) is 4.99 Å². The maximum atomic E-state index is 13.0. The van der Waals surface area contributed by atoms with Crippen LogP contribution in [0.2, 0.25) is 0 Å². The fraction of sp³-hybridized carbons (Fsp3) is 0.600. The minimum Gasteiger partial charge on any atom is -0.356 e. The molecule has 2 rings (SSSR count). The topological polar surface area (TPSA) is 51.2 Å². The Labute approximate surface area is 170 Å². The third kappa shape index (κ3) is 7.23. The number of nitrogens with one attached hydrogen (secondary N) is 1. The van der Waals surface area contributed by atoms with Crippen molar-refractivity contribution in [3.8, 4) is 0 Å². The lowest BCUT2D eigenvalue weighted by Crippen LogP contribution is -2.57. The van der Waals surface area contributed by atoms with Gasteiger partial charge >= 0.3 is 6.18 Å². The smallest absolute Gasteiger partial charge is 0.356 e. The molecule has 9 heteroatoms. The van der Waals surface area contributed by atoms with Crippen molar-refractivity contribution in [2.75, 3.05) is 53.4 Å². The molecule has 29 heavy (non-hydrogen) atoms. The zero-order valence-corrected chi connectivity index (χ0v) is 17.2. The second-order valence-corrected chi connectivity index (χ2v) is 7.33. The normalized spacial score (nSPS) is 17.2. The molecule has 1 aliphatic heterocycles. The summed E-state index contributed by atoms with van der Waals surface area (Å²) in [5, 5.41) is 3.27. The van der Waals surface area contributed by atoms with Crippen LogP contribution in [-0.2, 0) is 11.2 Å². The monoisotopic (exact) mass is 413 g/mol. The van der Waals surface area contributed by atoms with Gasteiger partial charge < -0.3 is 15.1 Å². The number of benzene rings is 1. The largest absolute Gasteiger partial charge is 0.403 e. The summed E-state index contributed by atoms with van der Waals surface area (Å²) in [6.45, 7) is 3.25. The molecule has 1 aliphatic rings. The third-order valence-electron chi connectivity index (χ3n) is 5.04. The highest BCUT2D eigenvalue weighted by Crippen LogP contribution is 2.25. The molecule has 1 heterocycles. The van der Waals surface area contributed by atoms with Crippen molar-refractivity contribution in [3.05, 3.63) is 35.9 Å². The van der Waals surface area contributed by atoms with E-state index >= 15 is 0 Å². The summed E-state index contributed by atoms with van der Waals surface area (Å²) in [4.78, 5) is 21.2. The van der Waals surface area contributed by atoms with Crippen molar-refractivity contribution < 1.29 is 18.0 Å². The van der Waals surface area contributed by atoms with Crippen LogP contribution in [-0.4, -0.2) is 92.1 Å². The number of halogens is 3. The molecule has 1 aromatic rings. The number of hydrogen-bond acceptors (Lipinski definition) is 3. The minimum absolute atomic E-state index is 0.000160. The van der Waals surface area contributed by atoms with Crippen molar-refractivity contribution in [1.29, 1.82) is 0 Å². The van der Waals surface area contributed by atoms with Gasteiger partial charge in [0, 0.05) is 46.8 Å². The highest BCUT2D eigenvalue weighted by molar-refractivity contribution is 5.85. The molecule has 1 amide bonds. The number of aliphatic imine (C=N–C) groups is 1. The first kappa shape index (κ1) is 23.0. The summed E-state index contributed by atoms with van der Waals surface area (Å²) in [5.41, 5.74) is 1.17. The van der Waals surface area contributed by atoms with E-state index in [1.807, 2.05) is 35.2 Å². The van der Waals surface area contributed by atoms with Gasteiger partial charge in [-0.05, 0) is 18.9 Å². The number of hydrogen-bond donors (Lipinski definition) is 1. The van der Waals surface area contributed by atoms with Crippen LogP contribution in [0.5, 0.6) is 0 Å². The maximum absolute atomic E-state index is 13.0. The fourth-order valence-electron chi connectivity index (χ4n) is 3.04. The van der Waals surface area contributed by atoms with Gasteiger partial charge in [-0.2, -0.15) is 13.2 Å². The Balaban J connectivity index is 1.97. The van der Waals surface area contributed by atoms with Crippen LogP contribution in [0.25, 0.3) is 0 Å². The Kier molecular flexibility index (Phi) is 8.31. The van der Waals surface area contributed by atoms with E-state index < -0.39 is 12.2 Å². The van der Waals surface area contributed by atoms with Crippen molar-refractivity contribution in [2.24, 2.45) is 4.99 Å². The molecule has 6 nitrogen and oxygen atoms in total. The van der Waals surface area contributed by atoms with Crippen LogP contribution in [0.3, 0.4) is 0 Å². The first-order valence-corrected chi connectivity index (χ1v) is 9.76. The van der Waals surface area contributed by atoms with Gasteiger partial charge in [0.15, 0.2) is 5.96 Å². The number of nitrogens with zero attached hydrogens (tertiary/aromatic N) is 4. The van der Waals surface area contributed by atoms with E-state index in [0.717, 1.165) is 6.42 Å². The number of carbonyl (C=O) groups excluding carboxylic acids is 1. The Bertz CT molecular complexity index is 670. The number of rotatable bonds is 6. The van der Waals surface area contributed by atoms with Crippen molar-refractivity contribution in [2.45, 2.75) is 25.6 Å². The Morgan fingerprint density at radius 2 is 1.79 bits per heavy atom. The van der Waals surface area contributed by atoms with Gasteiger partial charge in [-0.15, -0.1) is 0 Å². The lowest BCUT2D eigenvalue weighted by atomic mass is 10.1. The number of guanidine groups is 1. The molecule has 0 bridgehead atoms. The van der Waals surface area contributed by atoms with Gasteiger partial charge in [0.25, 0.3) is 0 Å². The maximum Gasteiger partial charge on any atom is 0.403 e. The zero-order chi connectivity index (χ0) is 21.4. The molecule has 1 saturated heterocycles. The Hall–Kier alpha value is -2.29. The number of amides is 1. The van der Waals surface area contributed by atoms with E-state index in [2.05, 4.69) is 10.3 Å². The fourth-order valence-corrected chi connectivity index (χ4v) is 3.04. The summed E-state index contributed by atoms with van der Waals surface area (Å²) in [7, 11) is 3.33. The summed E-state index contributed by atoms with van der Waals surface area (Å²) >= 11 is 0. The second kappa shape index (κ2) is 10.5. The highest BCUT2D eigenvalue weighted by Gasteiger charge is 2.41. The van der Waals surface area contributed by atoms with Crippen LogP contribution < -0.4 is 5.32 Å². The van der Waals surface area contributed by atoms with Crippen molar-refractivity contribution in [1.82, 2.24) is 20.0 Å². The predicted molar refractivity (Wildman–Crippen MR) is 108 cm³/mol. The number of alkyl halides is 3. The molecule has 1 atom stereocenters. The lowest BCUT2D eigenvalue weighted by Gasteiger charge is -2.39. The van der Waals surface area contributed by atoms with Crippen molar-refractivity contribution in [3.63, 3.8) is 0 Å². The molecule has 1 aromatic carbocycles.